The first-order chi connectivity index (χ1) is 7.97. The molecule has 0 fully saturated rings. The van der Waals surface area contributed by atoms with Crippen LogP contribution in [0.15, 0.2) is 18.2 Å². The van der Waals surface area contributed by atoms with Crippen LogP contribution in [0.25, 0.3) is 0 Å². The molecule has 0 amide bonds. The van der Waals surface area contributed by atoms with Gasteiger partial charge in [0.15, 0.2) is 5.78 Å². The number of ketones is 2. The lowest BCUT2D eigenvalue weighted by Gasteiger charge is -2.07. The third kappa shape index (κ3) is 3.00. The van der Waals surface area contributed by atoms with Crippen LogP contribution in [0.2, 0.25) is 0 Å². The highest BCUT2D eigenvalue weighted by Gasteiger charge is 2.21. The van der Waals surface area contributed by atoms with Gasteiger partial charge in [-0.15, -0.1) is 0 Å². The number of hydrogen-bond acceptors (Lipinski definition) is 4. The first kappa shape index (κ1) is 13.1. The minimum Gasteiger partial charge on any atom is -0.463 e. The zero-order valence-electron chi connectivity index (χ0n) is 10.1. The molecule has 4 nitrogen and oxygen atoms in total. The van der Waals surface area contributed by atoms with Gasteiger partial charge in [-0.05, 0) is 25.0 Å². The van der Waals surface area contributed by atoms with Gasteiger partial charge in [-0.25, -0.2) is 4.79 Å². The Kier molecular flexibility index (Phi) is 4.15. The minimum absolute atomic E-state index is 0.351. The van der Waals surface area contributed by atoms with E-state index in [4.69, 9.17) is 0 Å². The molecular weight excluding hydrogens is 220 g/mol. The van der Waals surface area contributed by atoms with Crippen LogP contribution in [-0.4, -0.2) is 24.6 Å². The first-order valence-corrected chi connectivity index (χ1v) is 5.18. The summed E-state index contributed by atoms with van der Waals surface area (Å²) in [4.78, 5) is 34.1. The number of Topliss-reactive ketones (excluding diaryl/α,β-unsaturated/α-hetero) is 2. The van der Waals surface area contributed by atoms with Crippen molar-refractivity contribution in [1.82, 2.24) is 0 Å². The fraction of sp³-hybridized carbons (Fsp3) is 0.308. The smallest absolute Gasteiger partial charge is 0.374 e. The van der Waals surface area contributed by atoms with Crippen LogP contribution in [0.4, 0.5) is 0 Å². The van der Waals surface area contributed by atoms with Crippen molar-refractivity contribution < 1.29 is 19.1 Å². The van der Waals surface area contributed by atoms with Crippen molar-refractivity contribution in [3.8, 4) is 0 Å². The number of aryl methyl sites for hydroxylation is 2. The molecule has 0 saturated carbocycles. The fourth-order valence-corrected chi connectivity index (χ4v) is 1.67. The molecule has 1 rings (SSSR count). The number of methoxy groups -OCH3 is 1. The van der Waals surface area contributed by atoms with E-state index in [0.717, 1.165) is 18.2 Å². The van der Waals surface area contributed by atoms with Gasteiger partial charge in [-0.2, -0.15) is 0 Å². The Labute approximate surface area is 99.6 Å². The van der Waals surface area contributed by atoms with Crippen molar-refractivity contribution in [3.05, 3.63) is 34.9 Å². The van der Waals surface area contributed by atoms with E-state index in [1.807, 2.05) is 6.07 Å². The van der Waals surface area contributed by atoms with Crippen LogP contribution in [0.3, 0.4) is 0 Å². The summed E-state index contributed by atoms with van der Waals surface area (Å²) in [7, 11) is 1.11. The zero-order chi connectivity index (χ0) is 13.0. The molecular formula is C13H14O4. The predicted molar refractivity (Wildman–Crippen MR) is 61.9 cm³/mol. The molecule has 0 aliphatic heterocycles. The standard InChI is InChI=1S/C13H14O4/c1-8-5-4-6-9(2)12(8)10(14)7-11(15)13(16)17-3/h4-6H,7H2,1-3H3. The molecule has 0 radical (unpaired) electrons. The van der Waals surface area contributed by atoms with Crippen LogP contribution < -0.4 is 0 Å². The third-order valence-corrected chi connectivity index (χ3v) is 2.49. The molecule has 0 atom stereocenters. The Morgan fingerprint density at radius 2 is 1.65 bits per heavy atom. The Morgan fingerprint density at radius 3 is 2.12 bits per heavy atom. The molecule has 1 aromatic carbocycles. The lowest BCUT2D eigenvalue weighted by molar-refractivity contribution is -0.151. The van der Waals surface area contributed by atoms with Gasteiger partial charge in [0.25, 0.3) is 0 Å². The second-order valence-electron chi connectivity index (χ2n) is 3.78. The molecule has 17 heavy (non-hydrogen) atoms. The van der Waals surface area contributed by atoms with Crippen molar-refractivity contribution in [1.29, 1.82) is 0 Å². The van der Waals surface area contributed by atoms with Gasteiger partial charge in [0, 0.05) is 5.56 Å². The van der Waals surface area contributed by atoms with E-state index >= 15 is 0 Å². The first-order valence-electron chi connectivity index (χ1n) is 5.18. The van der Waals surface area contributed by atoms with E-state index in [1.165, 1.54) is 0 Å². The van der Waals surface area contributed by atoms with Crippen molar-refractivity contribution in [2.24, 2.45) is 0 Å². The highest BCUT2D eigenvalue weighted by atomic mass is 16.5. The van der Waals surface area contributed by atoms with Gasteiger partial charge < -0.3 is 4.74 Å². The highest BCUT2D eigenvalue weighted by Crippen LogP contribution is 2.15. The maximum atomic E-state index is 11.9. The molecule has 0 aliphatic carbocycles. The van der Waals surface area contributed by atoms with Gasteiger partial charge in [-0.3, -0.25) is 9.59 Å². The number of carbonyl (C=O) groups is 3. The normalized spacial score (nSPS) is 9.82. The van der Waals surface area contributed by atoms with Crippen LogP contribution in [0.5, 0.6) is 0 Å². The van der Waals surface area contributed by atoms with E-state index in [1.54, 1.807) is 26.0 Å². The van der Waals surface area contributed by atoms with Crippen molar-refractivity contribution in [2.75, 3.05) is 7.11 Å². The SMILES string of the molecule is COC(=O)C(=O)CC(=O)c1c(C)cccc1C. The van der Waals surface area contributed by atoms with E-state index < -0.39 is 18.2 Å². The summed E-state index contributed by atoms with van der Waals surface area (Å²) < 4.78 is 4.27. The maximum absolute atomic E-state index is 11.9. The van der Waals surface area contributed by atoms with Gasteiger partial charge in [0.05, 0.1) is 13.5 Å². The number of rotatable bonds is 4. The molecule has 0 bridgehead atoms. The van der Waals surface area contributed by atoms with Crippen molar-refractivity contribution in [2.45, 2.75) is 20.3 Å². The number of hydrogen-bond donors (Lipinski definition) is 0. The number of esters is 1. The summed E-state index contributed by atoms with van der Waals surface area (Å²) in [5.41, 5.74) is 2.10. The van der Waals surface area contributed by atoms with Crippen LogP contribution >= 0.6 is 0 Å². The lowest BCUT2D eigenvalue weighted by atomic mass is 9.96. The molecule has 0 aliphatic rings. The van der Waals surface area contributed by atoms with Gasteiger partial charge in [-0.1, -0.05) is 18.2 Å². The molecule has 0 heterocycles. The summed E-state index contributed by atoms with van der Waals surface area (Å²) in [6.45, 7) is 3.59. The highest BCUT2D eigenvalue weighted by molar-refractivity contribution is 6.38. The molecule has 0 saturated heterocycles. The summed E-state index contributed by atoms with van der Waals surface area (Å²) in [5, 5.41) is 0. The molecule has 4 heteroatoms. The lowest BCUT2D eigenvalue weighted by Crippen LogP contribution is -2.20. The molecule has 0 unspecified atom stereocenters. The van der Waals surface area contributed by atoms with Crippen LogP contribution in [0.1, 0.15) is 27.9 Å². The largest absolute Gasteiger partial charge is 0.463 e. The monoisotopic (exact) mass is 234 g/mol. The second-order valence-corrected chi connectivity index (χ2v) is 3.78. The van der Waals surface area contributed by atoms with E-state index in [0.29, 0.717) is 5.56 Å². The zero-order valence-corrected chi connectivity index (χ0v) is 10.1. The Morgan fingerprint density at radius 1 is 1.12 bits per heavy atom. The topological polar surface area (TPSA) is 60.4 Å². The summed E-state index contributed by atoms with van der Waals surface area (Å²) >= 11 is 0. The quantitative estimate of drug-likeness (QED) is 0.344. The van der Waals surface area contributed by atoms with E-state index in [-0.39, 0.29) is 5.78 Å². The van der Waals surface area contributed by atoms with Crippen LogP contribution in [-0.2, 0) is 14.3 Å². The average molecular weight is 234 g/mol. The summed E-state index contributed by atoms with van der Waals surface area (Å²) in [5.74, 6) is -2.15. The average Bonchev–Trinajstić information content (AvgIpc) is 2.27. The minimum atomic E-state index is -0.982. The Bertz CT molecular complexity index is 454. The second kappa shape index (κ2) is 5.39. The Balaban J connectivity index is 2.91. The molecule has 0 N–H and O–H groups in total. The van der Waals surface area contributed by atoms with Gasteiger partial charge >= 0.3 is 5.97 Å². The molecule has 0 aromatic heterocycles. The molecule has 90 valence electrons. The molecule has 1 aromatic rings. The van der Waals surface area contributed by atoms with Crippen molar-refractivity contribution >= 4 is 17.5 Å². The fourth-order valence-electron chi connectivity index (χ4n) is 1.67. The van der Waals surface area contributed by atoms with Crippen molar-refractivity contribution in [3.63, 3.8) is 0 Å². The molecule has 0 spiro atoms. The van der Waals surface area contributed by atoms with Crippen LogP contribution in [0, 0.1) is 13.8 Å². The predicted octanol–water partition coefficient (Wildman–Crippen LogP) is 1.62. The number of carbonyl (C=O) groups excluding carboxylic acids is 3. The van der Waals surface area contributed by atoms with E-state index in [2.05, 4.69) is 4.74 Å². The maximum Gasteiger partial charge on any atom is 0.374 e. The summed E-state index contributed by atoms with van der Waals surface area (Å²) in [6, 6.07) is 5.43. The van der Waals surface area contributed by atoms with Gasteiger partial charge in [0.1, 0.15) is 0 Å². The number of benzene rings is 1. The summed E-state index contributed by atoms with van der Waals surface area (Å²) in [6.07, 6.45) is -0.446. The Hall–Kier alpha value is -1.97. The van der Waals surface area contributed by atoms with E-state index in [9.17, 15) is 14.4 Å². The third-order valence-electron chi connectivity index (χ3n) is 2.49. The number of ether oxygens (including phenoxy) is 1. The van der Waals surface area contributed by atoms with Gasteiger partial charge in [0.2, 0.25) is 5.78 Å².